The summed E-state index contributed by atoms with van der Waals surface area (Å²) in [7, 11) is 0. The van der Waals surface area contributed by atoms with Crippen LogP contribution < -0.4 is 5.73 Å². The predicted octanol–water partition coefficient (Wildman–Crippen LogP) is 2.83. The Labute approximate surface area is 165 Å². The van der Waals surface area contributed by atoms with E-state index in [4.69, 9.17) is 15.2 Å². The van der Waals surface area contributed by atoms with Gasteiger partial charge in [-0.25, -0.2) is 14.8 Å². The van der Waals surface area contributed by atoms with E-state index >= 15 is 0 Å². The third kappa shape index (κ3) is 6.74. The van der Waals surface area contributed by atoms with E-state index in [0.29, 0.717) is 24.3 Å². The molecule has 0 unspecified atom stereocenters. The number of fused-ring (bicyclic) bond motifs is 1. The predicted molar refractivity (Wildman–Crippen MR) is 110 cm³/mol. The Morgan fingerprint density at radius 2 is 2.07 bits per heavy atom. The van der Waals surface area contributed by atoms with Crippen molar-refractivity contribution in [3.05, 3.63) is 47.4 Å². The molecule has 2 aromatic rings. The summed E-state index contributed by atoms with van der Waals surface area (Å²) in [4.78, 5) is 25.3. The highest BCUT2D eigenvalue weighted by atomic mass is 16.5. The van der Waals surface area contributed by atoms with Gasteiger partial charge in [-0.3, -0.25) is 4.99 Å². The van der Waals surface area contributed by atoms with Gasteiger partial charge in [-0.2, -0.15) is 0 Å². The quantitative estimate of drug-likeness (QED) is 0.427. The Bertz CT molecular complexity index is 869. The highest BCUT2D eigenvalue weighted by Crippen LogP contribution is 2.11. The van der Waals surface area contributed by atoms with E-state index in [9.17, 15) is 4.79 Å². The maximum atomic E-state index is 12.2. The first-order chi connectivity index (χ1) is 13.3. The third-order valence-corrected chi connectivity index (χ3v) is 3.74. The molecule has 0 fully saturated rings. The van der Waals surface area contributed by atoms with Crippen LogP contribution in [0.3, 0.4) is 0 Å². The van der Waals surface area contributed by atoms with E-state index in [1.54, 1.807) is 13.1 Å². The second-order valence-electron chi connectivity index (χ2n) is 7.20. The Hall–Kier alpha value is -2.80. The van der Waals surface area contributed by atoms with Crippen molar-refractivity contribution >= 4 is 23.2 Å². The number of nitrogens with zero attached hydrogens (tertiary/aromatic N) is 3. The van der Waals surface area contributed by atoms with Gasteiger partial charge in [0.25, 0.3) is 0 Å². The molecule has 0 amide bonds. The number of pyridine rings is 2. The number of carbonyl (C=O) groups excluding carboxylic acids is 1. The van der Waals surface area contributed by atoms with Crippen LogP contribution in [0, 0.1) is 0 Å². The lowest BCUT2D eigenvalue weighted by molar-refractivity contribution is -0.138. The summed E-state index contributed by atoms with van der Waals surface area (Å²) in [5.74, 6) is -0.505. The van der Waals surface area contributed by atoms with Crippen LogP contribution in [0.1, 0.15) is 33.4 Å². The van der Waals surface area contributed by atoms with Crippen molar-refractivity contribution in [2.24, 2.45) is 10.7 Å². The first kappa shape index (κ1) is 21.5. The number of aliphatic imine (C=N–C) groups is 1. The van der Waals surface area contributed by atoms with Crippen LogP contribution in [-0.2, 0) is 20.7 Å². The monoisotopic (exact) mass is 384 g/mol. The van der Waals surface area contributed by atoms with Gasteiger partial charge in [-0.05, 0) is 52.0 Å². The normalized spacial score (nSPS) is 13.0. The number of nitrogens with two attached hydrogens (primary N) is 1. The number of hydrogen-bond acceptors (Lipinski definition) is 7. The molecule has 0 aromatic carbocycles. The van der Waals surface area contributed by atoms with Crippen molar-refractivity contribution in [3.63, 3.8) is 0 Å². The molecule has 7 heteroatoms. The number of rotatable bonds is 8. The lowest BCUT2D eigenvalue weighted by Gasteiger charge is -2.20. The minimum atomic E-state index is -0.505. The summed E-state index contributed by atoms with van der Waals surface area (Å²) >= 11 is 0. The molecule has 0 aliphatic heterocycles. The van der Waals surface area contributed by atoms with Crippen LogP contribution in [0.4, 0.5) is 0 Å². The van der Waals surface area contributed by atoms with Crippen LogP contribution in [0.5, 0.6) is 0 Å². The van der Waals surface area contributed by atoms with E-state index in [2.05, 4.69) is 15.0 Å². The number of ether oxygens (including phenoxy) is 2. The Morgan fingerprint density at radius 3 is 2.79 bits per heavy atom. The van der Waals surface area contributed by atoms with Crippen LogP contribution in [0.25, 0.3) is 11.0 Å². The fraction of sp³-hybridized carbons (Fsp3) is 0.429. The zero-order valence-electron chi connectivity index (χ0n) is 16.9. The molecule has 0 bridgehead atoms. The molecule has 0 aliphatic carbocycles. The van der Waals surface area contributed by atoms with Crippen molar-refractivity contribution in [1.82, 2.24) is 9.97 Å². The summed E-state index contributed by atoms with van der Waals surface area (Å²) in [6, 6.07) is 7.79. The smallest absolute Gasteiger partial charge is 0.341 e. The van der Waals surface area contributed by atoms with Crippen molar-refractivity contribution in [1.29, 1.82) is 0 Å². The molecule has 2 heterocycles. The fourth-order valence-corrected chi connectivity index (χ4v) is 2.31. The van der Waals surface area contributed by atoms with Crippen LogP contribution >= 0.6 is 0 Å². The Kier molecular flexibility index (Phi) is 7.63. The van der Waals surface area contributed by atoms with Gasteiger partial charge in [0.1, 0.15) is 0 Å². The Morgan fingerprint density at radius 1 is 1.29 bits per heavy atom. The van der Waals surface area contributed by atoms with E-state index in [-0.39, 0.29) is 24.4 Å². The molecule has 7 nitrogen and oxygen atoms in total. The van der Waals surface area contributed by atoms with E-state index < -0.39 is 5.97 Å². The van der Waals surface area contributed by atoms with Crippen molar-refractivity contribution < 1.29 is 14.3 Å². The average molecular weight is 384 g/mol. The second kappa shape index (κ2) is 9.94. The van der Waals surface area contributed by atoms with Gasteiger partial charge in [0.05, 0.1) is 30.1 Å². The molecular weight excluding hydrogens is 356 g/mol. The van der Waals surface area contributed by atoms with Gasteiger partial charge in [0.2, 0.25) is 0 Å². The highest BCUT2D eigenvalue weighted by molar-refractivity contribution is 6.10. The maximum Gasteiger partial charge on any atom is 0.341 e. The number of esters is 1. The van der Waals surface area contributed by atoms with E-state index in [0.717, 1.165) is 11.1 Å². The lowest BCUT2D eigenvalue weighted by Crippen LogP contribution is -2.25. The van der Waals surface area contributed by atoms with Crippen molar-refractivity contribution in [3.8, 4) is 0 Å². The third-order valence-electron chi connectivity index (χ3n) is 3.74. The van der Waals surface area contributed by atoms with Gasteiger partial charge in [-0.15, -0.1) is 0 Å². The zero-order chi connectivity index (χ0) is 20.6. The molecule has 0 atom stereocenters. The van der Waals surface area contributed by atoms with Crippen LogP contribution in [0.15, 0.2) is 46.7 Å². The minimum Gasteiger partial charge on any atom is -0.462 e. The topological polar surface area (TPSA) is 99.7 Å². The van der Waals surface area contributed by atoms with Gasteiger partial charge in [-0.1, -0.05) is 0 Å². The summed E-state index contributed by atoms with van der Waals surface area (Å²) in [6.07, 6.45) is 3.80. The summed E-state index contributed by atoms with van der Waals surface area (Å²) in [6.45, 7) is 8.35. The molecule has 2 aromatic heterocycles. The van der Waals surface area contributed by atoms with Gasteiger partial charge < -0.3 is 15.2 Å². The van der Waals surface area contributed by atoms with Gasteiger partial charge in [0.15, 0.2) is 5.65 Å². The van der Waals surface area contributed by atoms with Gasteiger partial charge in [0, 0.05) is 36.5 Å². The average Bonchev–Trinajstić information content (AvgIpc) is 2.65. The molecule has 2 N–H and O–H groups in total. The van der Waals surface area contributed by atoms with Crippen LogP contribution in [0.2, 0.25) is 0 Å². The molecule has 0 saturated heterocycles. The first-order valence-corrected chi connectivity index (χ1v) is 9.30. The summed E-state index contributed by atoms with van der Waals surface area (Å²) < 4.78 is 10.7. The number of aromatic nitrogens is 2. The molecule has 0 radical (unpaired) electrons. The molecule has 0 aliphatic rings. The summed E-state index contributed by atoms with van der Waals surface area (Å²) in [5.41, 5.74) is 7.80. The SMILES string of the molecule is CCOC(=O)C(C=NCCc1ccc2cccnc2n1)=C(N)COC(C)(C)C. The molecule has 0 spiro atoms. The fourth-order valence-electron chi connectivity index (χ4n) is 2.31. The molecular formula is C21H28N4O3. The lowest BCUT2D eigenvalue weighted by atomic mass is 10.2. The van der Waals surface area contributed by atoms with E-state index in [1.165, 1.54) is 6.21 Å². The van der Waals surface area contributed by atoms with E-state index in [1.807, 2.05) is 45.0 Å². The standard InChI is InChI=1S/C21H28N4O3/c1-5-27-20(26)17(18(22)14-28-21(2,3)4)13-23-12-10-16-9-8-15-7-6-11-24-19(15)25-16/h6-9,11,13H,5,10,12,14,22H2,1-4H3. The largest absolute Gasteiger partial charge is 0.462 e. The Balaban J connectivity index is 2.05. The molecule has 2 rings (SSSR count). The summed E-state index contributed by atoms with van der Waals surface area (Å²) in [5, 5.41) is 0.994. The second-order valence-corrected chi connectivity index (χ2v) is 7.20. The molecule has 0 saturated carbocycles. The number of carbonyl (C=O) groups is 1. The molecule has 150 valence electrons. The zero-order valence-corrected chi connectivity index (χ0v) is 16.9. The molecule has 28 heavy (non-hydrogen) atoms. The number of hydrogen-bond donors (Lipinski definition) is 1. The highest BCUT2D eigenvalue weighted by Gasteiger charge is 2.16. The van der Waals surface area contributed by atoms with Crippen LogP contribution in [-0.4, -0.2) is 47.5 Å². The van der Waals surface area contributed by atoms with Crippen molar-refractivity contribution in [2.45, 2.75) is 39.7 Å². The van der Waals surface area contributed by atoms with Gasteiger partial charge >= 0.3 is 5.97 Å². The maximum absolute atomic E-state index is 12.2. The minimum absolute atomic E-state index is 0.127. The first-order valence-electron chi connectivity index (χ1n) is 9.30. The van der Waals surface area contributed by atoms with Crippen molar-refractivity contribution in [2.75, 3.05) is 19.8 Å².